The average molecular weight is 249 g/mol. The van der Waals surface area contributed by atoms with Crippen LogP contribution >= 0.6 is 0 Å². The molecule has 3 heteroatoms. The van der Waals surface area contributed by atoms with Crippen LogP contribution in [0.2, 0.25) is 0 Å². The lowest BCUT2D eigenvalue weighted by atomic mass is 10.1. The summed E-state index contributed by atoms with van der Waals surface area (Å²) >= 11 is 0. The summed E-state index contributed by atoms with van der Waals surface area (Å²) in [6.07, 6.45) is 2.01. The van der Waals surface area contributed by atoms with Crippen LogP contribution in [0.15, 0.2) is 30.3 Å². The number of hydrogen-bond acceptors (Lipinski definition) is 3. The molecule has 1 aliphatic rings. The summed E-state index contributed by atoms with van der Waals surface area (Å²) in [5.41, 5.74) is 1.42. The molecule has 0 saturated heterocycles. The van der Waals surface area contributed by atoms with Gasteiger partial charge >= 0.3 is 0 Å². The Morgan fingerprint density at radius 1 is 1.33 bits per heavy atom. The van der Waals surface area contributed by atoms with E-state index in [0.717, 1.165) is 5.56 Å². The molecule has 1 aromatic rings. The molecule has 0 aromatic heterocycles. The number of hydrogen-bond donors (Lipinski definition) is 2. The van der Waals surface area contributed by atoms with Crippen molar-refractivity contribution in [1.82, 2.24) is 5.32 Å². The molecule has 0 aliphatic heterocycles. The Kier molecular flexibility index (Phi) is 4.38. The van der Waals surface area contributed by atoms with Crippen molar-refractivity contribution in [3.63, 3.8) is 0 Å². The highest BCUT2D eigenvalue weighted by molar-refractivity contribution is 5.16. The van der Waals surface area contributed by atoms with E-state index in [4.69, 9.17) is 4.74 Å². The normalized spacial score (nSPS) is 20.4. The molecule has 0 amide bonds. The van der Waals surface area contributed by atoms with E-state index in [9.17, 15) is 5.11 Å². The Hall–Kier alpha value is -0.900. The van der Waals surface area contributed by atoms with Crippen molar-refractivity contribution in [2.75, 3.05) is 13.2 Å². The van der Waals surface area contributed by atoms with Crippen molar-refractivity contribution in [2.24, 2.45) is 0 Å². The summed E-state index contributed by atoms with van der Waals surface area (Å²) < 4.78 is 5.69. The largest absolute Gasteiger partial charge is 0.389 e. The Bertz CT molecular complexity index is 362. The third kappa shape index (κ3) is 4.09. The molecule has 1 fully saturated rings. The van der Waals surface area contributed by atoms with E-state index in [1.807, 2.05) is 37.3 Å². The number of aliphatic hydroxyl groups is 1. The highest BCUT2D eigenvalue weighted by Gasteiger charge is 2.36. The quantitative estimate of drug-likeness (QED) is 0.779. The SMILES string of the molecule is CC(OCC(O)CNC1(C)CC1)c1ccccc1. The van der Waals surface area contributed by atoms with Gasteiger partial charge in [-0.1, -0.05) is 30.3 Å². The highest BCUT2D eigenvalue weighted by Crippen LogP contribution is 2.34. The number of rotatable bonds is 7. The molecule has 0 radical (unpaired) electrons. The molecule has 0 bridgehead atoms. The molecule has 2 rings (SSSR count). The maximum Gasteiger partial charge on any atom is 0.0898 e. The third-order valence-corrected chi connectivity index (χ3v) is 3.57. The van der Waals surface area contributed by atoms with Gasteiger partial charge in [-0.2, -0.15) is 0 Å². The molecule has 1 aromatic carbocycles. The van der Waals surface area contributed by atoms with Gasteiger partial charge < -0.3 is 15.2 Å². The van der Waals surface area contributed by atoms with Crippen LogP contribution < -0.4 is 5.32 Å². The van der Waals surface area contributed by atoms with Gasteiger partial charge in [-0.05, 0) is 32.3 Å². The van der Waals surface area contributed by atoms with Crippen LogP contribution in [-0.2, 0) is 4.74 Å². The fourth-order valence-corrected chi connectivity index (χ4v) is 1.86. The molecule has 2 N–H and O–H groups in total. The predicted molar refractivity (Wildman–Crippen MR) is 72.5 cm³/mol. The number of ether oxygens (including phenoxy) is 1. The zero-order valence-electron chi connectivity index (χ0n) is 11.2. The smallest absolute Gasteiger partial charge is 0.0898 e. The molecule has 1 saturated carbocycles. The van der Waals surface area contributed by atoms with Crippen LogP contribution in [0.4, 0.5) is 0 Å². The van der Waals surface area contributed by atoms with Gasteiger partial charge in [0.15, 0.2) is 0 Å². The second kappa shape index (κ2) is 5.83. The number of benzene rings is 1. The van der Waals surface area contributed by atoms with Gasteiger partial charge in [0.25, 0.3) is 0 Å². The standard InChI is InChI=1S/C15H23NO2/c1-12(13-6-4-3-5-7-13)18-11-14(17)10-16-15(2)8-9-15/h3-7,12,14,16-17H,8-11H2,1-2H3. The van der Waals surface area contributed by atoms with E-state index < -0.39 is 6.10 Å². The van der Waals surface area contributed by atoms with Crippen molar-refractivity contribution in [2.45, 2.75) is 44.4 Å². The molecule has 0 heterocycles. The molecule has 18 heavy (non-hydrogen) atoms. The summed E-state index contributed by atoms with van der Waals surface area (Å²) in [5.74, 6) is 0. The third-order valence-electron chi connectivity index (χ3n) is 3.57. The van der Waals surface area contributed by atoms with Crippen molar-refractivity contribution < 1.29 is 9.84 Å². The minimum Gasteiger partial charge on any atom is -0.389 e. The predicted octanol–water partition coefficient (Wildman–Crippen LogP) is 2.27. The highest BCUT2D eigenvalue weighted by atomic mass is 16.5. The van der Waals surface area contributed by atoms with Gasteiger partial charge in [-0.25, -0.2) is 0 Å². The Labute approximate surface area is 109 Å². The molecule has 3 nitrogen and oxygen atoms in total. The van der Waals surface area contributed by atoms with Crippen LogP contribution in [0.3, 0.4) is 0 Å². The van der Waals surface area contributed by atoms with Gasteiger partial charge in [0, 0.05) is 12.1 Å². The van der Waals surface area contributed by atoms with E-state index in [2.05, 4.69) is 12.2 Å². The van der Waals surface area contributed by atoms with Crippen LogP contribution in [0.25, 0.3) is 0 Å². The second-order valence-electron chi connectivity index (χ2n) is 5.48. The monoisotopic (exact) mass is 249 g/mol. The fourth-order valence-electron chi connectivity index (χ4n) is 1.86. The minimum absolute atomic E-state index is 0.0253. The molecule has 1 aliphatic carbocycles. The minimum atomic E-state index is -0.436. The number of aliphatic hydroxyl groups excluding tert-OH is 1. The van der Waals surface area contributed by atoms with Crippen molar-refractivity contribution in [3.05, 3.63) is 35.9 Å². The number of nitrogens with one attached hydrogen (secondary N) is 1. The molecule has 2 atom stereocenters. The van der Waals surface area contributed by atoms with E-state index >= 15 is 0 Å². The molecular formula is C15H23NO2. The molecular weight excluding hydrogens is 226 g/mol. The zero-order chi connectivity index (χ0) is 13.0. The Morgan fingerprint density at radius 3 is 2.61 bits per heavy atom. The van der Waals surface area contributed by atoms with Crippen molar-refractivity contribution >= 4 is 0 Å². The molecule has 0 spiro atoms. The first-order valence-electron chi connectivity index (χ1n) is 6.69. The summed E-state index contributed by atoms with van der Waals surface area (Å²) in [5, 5.41) is 13.2. The first-order valence-corrected chi connectivity index (χ1v) is 6.69. The molecule has 100 valence electrons. The maximum atomic E-state index is 9.85. The van der Waals surface area contributed by atoms with Crippen LogP contribution in [0.5, 0.6) is 0 Å². The number of β-amino-alcohol motifs (C(OH)–C–C–N with tert-alkyl or cyclic N) is 1. The summed E-state index contributed by atoms with van der Waals surface area (Å²) in [6.45, 7) is 5.18. The summed E-state index contributed by atoms with van der Waals surface area (Å²) in [6, 6.07) is 10.1. The van der Waals surface area contributed by atoms with Crippen molar-refractivity contribution in [3.8, 4) is 0 Å². The zero-order valence-corrected chi connectivity index (χ0v) is 11.2. The summed E-state index contributed by atoms with van der Waals surface area (Å²) in [4.78, 5) is 0. The van der Waals surface area contributed by atoms with E-state index in [1.165, 1.54) is 12.8 Å². The van der Waals surface area contributed by atoms with Gasteiger partial charge in [0.2, 0.25) is 0 Å². The second-order valence-corrected chi connectivity index (χ2v) is 5.48. The Balaban J connectivity index is 1.67. The van der Waals surface area contributed by atoms with E-state index in [1.54, 1.807) is 0 Å². The van der Waals surface area contributed by atoms with Gasteiger partial charge in [0.1, 0.15) is 0 Å². The first kappa shape index (κ1) is 13.5. The van der Waals surface area contributed by atoms with E-state index in [-0.39, 0.29) is 11.6 Å². The summed E-state index contributed by atoms with van der Waals surface area (Å²) in [7, 11) is 0. The van der Waals surface area contributed by atoms with Crippen LogP contribution in [-0.4, -0.2) is 29.9 Å². The lowest BCUT2D eigenvalue weighted by Crippen LogP contribution is -2.37. The van der Waals surface area contributed by atoms with E-state index in [0.29, 0.717) is 13.2 Å². The lowest BCUT2D eigenvalue weighted by Gasteiger charge is -2.19. The lowest BCUT2D eigenvalue weighted by molar-refractivity contribution is -0.00303. The topological polar surface area (TPSA) is 41.5 Å². The van der Waals surface area contributed by atoms with Gasteiger partial charge in [0.05, 0.1) is 18.8 Å². The Morgan fingerprint density at radius 2 is 2.00 bits per heavy atom. The average Bonchev–Trinajstić information content (AvgIpc) is 3.13. The maximum absolute atomic E-state index is 9.85. The van der Waals surface area contributed by atoms with Crippen molar-refractivity contribution in [1.29, 1.82) is 0 Å². The van der Waals surface area contributed by atoms with Gasteiger partial charge in [-0.3, -0.25) is 0 Å². The van der Waals surface area contributed by atoms with Gasteiger partial charge in [-0.15, -0.1) is 0 Å². The fraction of sp³-hybridized carbons (Fsp3) is 0.600. The first-order chi connectivity index (χ1) is 8.59. The van der Waals surface area contributed by atoms with Crippen LogP contribution in [0, 0.1) is 0 Å². The molecule has 2 unspecified atom stereocenters. The van der Waals surface area contributed by atoms with Crippen LogP contribution in [0.1, 0.15) is 38.4 Å².